The van der Waals surface area contributed by atoms with Gasteiger partial charge in [-0.25, -0.2) is 0 Å². The molecule has 0 bridgehead atoms. The molecule has 100 valence electrons. The van der Waals surface area contributed by atoms with Crippen LogP contribution in [0.2, 0.25) is 0 Å². The molecule has 1 aromatic carbocycles. The summed E-state index contributed by atoms with van der Waals surface area (Å²) in [6.07, 6.45) is 6.34. The summed E-state index contributed by atoms with van der Waals surface area (Å²) in [4.78, 5) is 0. The van der Waals surface area contributed by atoms with E-state index in [1.165, 1.54) is 24.0 Å². The minimum atomic E-state index is -0.693. The van der Waals surface area contributed by atoms with Crippen LogP contribution in [0.3, 0.4) is 0 Å². The summed E-state index contributed by atoms with van der Waals surface area (Å²) in [5.41, 5.74) is 3.01. The second-order valence-corrected chi connectivity index (χ2v) is 7.06. The fourth-order valence-electron chi connectivity index (χ4n) is 2.53. The molecule has 3 heteroatoms. The van der Waals surface area contributed by atoms with Gasteiger partial charge >= 0.3 is 0 Å². The van der Waals surface area contributed by atoms with E-state index < -0.39 is 10.8 Å². The molecule has 3 atom stereocenters. The Kier molecular flexibility index (Phi) is 4.95. The first-order valence-corrected chi connectivity index (χ1v) is 8.41. The first kappa shape index (κ1) is 13.8. The number of hydrogen-bond donors (Lipinski definition) is 1. The van der Waals surface area contributed by atoms with Crippen molar-refractivity contribution in [1.29, 1.82) is 0 Å². The Labute approximate surface area is 113 Å². The molecule has 0 aromatic heterocycles. The van der Waals surface area contributed by atoms with Gasteiger partial charge < -0.3 is 5.32 Å². The molecule has 0 saturated carbocycles. The van der Waals surface area contributed by atoms with Crippen LogP contribution in [0.4, 0.5) is 0 Å². The Bertz CT molecular complexity index is 419. The maximum atomic E-state index is 11.3. The molecule has 0 saturated heterocycles. The Balaban J connectivity index is 1.78. The zero-order valence-electron chi connectivity index (χ0n) is 11.3. The second-order valence-electron chi connectivity index (χ2n) is 5.26. The van der Waals surface area contributed by atoms with Crippen molar-refractivity contribution >= 4 is 10.8 Å². The summed E-state index contributed by atoms with van der Waals surface area (Å²) < 4.78 is 11.3. The van der Waals surface area contributed by atoms with E-state index in [1.807, 2.05) is 0 Å². The zero-order chi connectivity index (χ0) is 13.0. The largest absolute Gasteiger partial charge is 0.314 e. The molecule has 1 aliphatic rings. The summed E-state index contributed by atoms with van der Waals surface area (Å²) in [6, 6.07) is 9.34. The first-order chi connectivity index (χ1) is 8.66. The number of benzene rings is 1. The highest BCUT2D eigenvalue weighted by Crippen LogP contribution is 2.20. The highest BCUT2D eigenvalue weighted by molar-refractivity contribution is 7.84. The van der Waals surface area contributed by atoms with E-state index in [0.717, 1.165) is 19.4 Å². The molecule has 1 aromatic rings. The molecule has 0 spiro atoms. The quantitative estimate of drug-likeness (QED) is 0.885. The van der Waals surface area contributed by atoms with Crippen LogP contribution in [0.15, 0.2) is 24.3 Å². The van der Waals surface area contributed by atoms with Crippen LogP contribution in [0.1, 0.15) is 30.9 Å². The van der Waals surface area contributed by atoms with Crippen LogP contribution < -0.4 is 5.32 Å². The second kappa shape index (κ2) is 6.48. The fraction of sp³-hybridized carbons (Fsp3) is 0.600. The lowest BCUT2D eigenvalue weighted by molar-refractivity contribution is 0.453. The van der Waals surface area contributed by atoms with Crippen molar-refractivity contribution in [2.45, 2.75) is 43.9 Å². The van der Waals surface area contributed by atoms with Gasteiger partial charge in [0.1, 0.15) is 0 Å². The summed E-state index contributed by atoms with van der Waals surface area (Å²) in [5.74, 6) is 0. The topological polar surface area (TPSA) is 29.1 Å². The Morgan fingerprint density at radius 2 is 2.11 bits per heavy atom. The monoisotopic (exact) mass is 265 g/mol. The SMILES string of the molecule is C[C@H](CCN[C@@H]1CCc2ccccc2C1)[S@@](C)=O. The molecule has 0 fully saturated rings. The van der Waals surface area contributed by atoms with Gasteiger partial charge in [-0.15, -0.1) is 0 Å². The minimum Gasteiger partial charge on any atom is -0.314 e. The van der Waals surface area contributed by atoms with E-state index in [1.54, 1.807) is 6.26 Å². The van der Waals surface area contributed by atoms with Gasteiger partial charge in [-0.2, -0.15) is 0 Å². The van der Waals surface area contributed by atoms with E-state index in [2.05, 4.69) is 36.5 Å². The normalized spacial score (nSPS) is 22.2. The summed E-state index contributed by atoms with van der Waals surface area (Å²) in [5, 5.41) is 3.91. The molecule has 2 rings (SSSR count). The molecule has 0 heterocycles. The number of fused-ring (bicyclic) bond motifs is 1. The molecule has 2 nitrogen and oxygen atoms in total. The number of nitrogens with one attached hydrogen (secondary N) is 1. The standard InChI is InChI=1S/C15H23NOS/c1-12(18(2)17)9-10-16-15-8-7-13-5-3-4-6-14(13)11-15/h3-6,12,15-16H,7-11H2,1-2H3/t12-,15-,18-/m1/s1. The maximum Gasteiger partial charge on any atom is 0.0329 e. The molecule has 0 radical (unpaired) electrons. The van der Waals surface area contributed by atoms with E-state index in [-0.39, 0.29) is 0 Å². The molecule has 0 unspecified atom stereocenters. The van der Waals surface area contributed by atoms with Crippen molar-refractivity contribution in [1.82, 2.24) is 5.32 Å². The van der Waals surface area contributed by atoms with E-state index >= 15 is 0 Å². The average molecular weight is 265 g/mol. The third-order valence-corrected chi connectivity index (χ3v) is 5.27. The zero-order valence-corrected chi connectivity index (χ0v) is 12.1. The summed E-state index contributed by atoms with van der Waals surface area (Å²) in [7, 11) is -0.693. The van der Waals surface area contributed by atoms with Gasteiger partial charge in [-0.3, -0.25) is 4.21 Å². The van der Waals surface area contributed by atoms with Gasteiger partial charge in [0.05, 0.1) is 0 Å². The Morgan fingerprint density at radius 1 is 1.39 bits per heavy atom. The van der Waals surface area contributed by atoms with Crippen molar-refractivity contribution < 1.29 is 4.21 Å². The van der Waals surface area contributed by atoms with Gasteiger partial charge in [-0.05, 0) is 43.4 Å². The third kappa shape index (κ3) is 3.66. The van der Waals surface area contributed by atoms with Crippen molar-refractivity contribution in [3.63, 3.8) is 0 Å². The highest BCUT2D eigenvalue weighted by atomic mass is 32.2. The Morgan fingerprint density at radius 3 is 2.83 bits per heavy atom. The van der Waals surface area contributed by atoms with Crippen molar-refractivity contribution in [2.75, 3.05) is 12.8 Å². The van der Waals surface area contributed by atoms with Crippen molar-refractivity contribution in [3.05, 3.63) is 35.4 Å². The van der Waals surface area contributed by atoms with Crippen LogP contribution in [0.5, 0.6) is 0 Å². The third-order valence-electron chi connectivity index (χ3n) is 3.90. The van der Waals surface area contributed by atoms with Crippen molar-refractivity contribution in [2.24, 2.45) is 0 Å². The smallest absolute Gasteiger partial charge is 0.0329 e. The molecule has 0 amide bonds. The molecule has 1 N–H and O–H groups in total. The predicted molar refractivity (Wildman–Crippen MR) is 78.4 cm³/mol. The molecule has 18 heavy (non-hydrogen) atoms. The van der Waals surface area contributed by atoms with E-state index in [4.69, 9.17) is 0 Å². The van der Waals surface area contributed by atoms with Gasteiger partial charge in [0, 0.05) is 28.3 Å². The van der Waals surface area contributed by atoms with Gasteiger partial charge in [-0.1, -0.05) is 31.2 Å². The maximum absolute atomic E-state index is 11.3. The lowest BCUT2D eigenvalue weighted by atomic mass is 9.88. The summed E-state index contributed by atoms with van der Waals surface area (Å²) in [6.45, 7) is 3.04. The lowest BCUT2D eigenvalue weighted by Crippen LogP contribution is -2.36. The van der Waals surface area contributed by atoms with Crippen LogP contribution in [-0.4, -0.2) is 28.3 Å². The van der Waals surface area contributed by atoms with Crippen LogP contribution in [-0.2, 0) is 23.6 Å². The molecule has 0 aliphatic heterocycles. The van der Waals surface area contributed by atoms with Crippen LogP contribution in [0.25, 0.3) is 0 Å². The fourth-order valence-corrected chi connectivity index (χ4v) is 2.98. The lowest BCUT2D eigenvalue weighted by Gasteiger charge is -2.26. The number of rotatable bonds is 5. The highest BCUT2D eigenvalue weighted by Gasteiger charge is 2.17. The minimum absolute atomic E-state index is 0.299. The van der Waals surface area contributed by atoms with Gasteiger partial charge in [0.15, 0.2) is 0 Å². The summed E-state index contributed by atoms with van der Waals surface area (Å²) >= 11 is 0. The molecular formula is C15H23NOS. The number of aryl methyl sites for hydroxylation is 1. The molecule has 1 aliphatic carbocycles. The van der Waals surface area contributed by atoms with Crippen molar-refractivity contribution in [3.8, 4) is 0 Å². The molecular weight excluding hydrogens is 242 g/mol. The average Bonchev–Trinajstić information content (AvgIpc) is 2.38. The van der Waals surface area contributed by atoms with Gasteiger partial charge in [0.25, 0.3) is 0 Å². The van der Waals surface area contributed by atoms with Gasteiger partial charge in [0.2, 0.25) is 0 Å². The predicted octanol–water partition coefficient (Wildman–Crippen LogP) is 2.29. The van der Waals surface area contributed by atoms with E-state index in [0.29, 0.717) is 11.3 Å². The number of hydrogen-bond acceptors (Lipinski definition) is 2. The first-order valence-electron chi connectivity index (χ1n) is 6.79. The van der Waals surface area contributed by atoms with Crippen LogP contribution >= 0.6 is 0 Å². The Hall–Kier alpha value is -0.670. The van der Waals surface area contributed by atoms with E-state index in [9.17, 15) is 4.21 Å². The van der Waals surface area contributed by atoms with Crippen LogP contribution in [0, 0.1) is 0 Å².